The average molecular weight is 288 g/mol. The fraction of sp³-hybridized carbons (Fsp3) is 0.333. The molecule has 0 spiro atoms. The highest BCUT2D eigenvalue weighted by Crippen LogP contribution is 2.14. The van der Waals surface area contributed by atoms with Crippen LogP contribution in [0.15, 0.2) is 23.4 Å². The van der Waals surface area contributed by atoms with Crippen molar-refractivity contribution in [2.75, 3.05) is 6.54 Å². The van der Waals surface area contributed by atoms with Gasteiger partial charge in [0, 0.05) is 18.0 Å². The summed E-state index contributed by atoms with van der Waals surface area (Å²) in [6.07, 6.45) is 1.76. The summed E-state index contributed by atoms with van der Waals surface area (Å²) in [6.45, 7) is 0.389. The predicted molar refractivity (Wildman–Crippen MR) is 71.0 cm³/mol. The minimum Gasteiger partial charge on any atom is -0.409 e. The summed E-state index contributed by atoms with van der Waals surface area (Å²) in [5.41, 5.74) is 5.25. The Balaban J connectivity index is 2.35. The summed E-state index contributed by atoms with van der Waals surface area (Å²) < 4.78 is 13.4. The van der Waals surface area contributed by atoms with Crippen molar-refractivity contribution in [2.45, 2.75) is 19.3 Å². The van der Waals surface area contributed by atoms with E-state index in [-0.39, 0.29) is 16.4 Å². The van der Waals surface area contributed by atoms with E-state index >= 15 is 0 Å². The van der Waals surface area contributed by atoms with Crippen LogP contribution < -0.4 is 11.1 Å². The third kappa shape index (κ3) is 5.13. The van der Waals surface area contributed by atoms with Crippen LogP contribution in [0.5, 0.6) is 0 Å². The molecule has 0 radical (unpaired) electrons. The minimum absolute atomic E-state index is 0.0409. The lowest BCUT2D eigenvalue weighted by Crippen LogP contribution is -2.25. The summed E-state index contributed by atoms with van der Waals surface area (Å²) in [5.74, 6) is -0.991. The van der Waals surface area contributed by atoms with E-state index in [1.807, 2.05) is 0 Å². The van der Waals surface area contributed by atoms with Crippen LogP contribution in [-0.4, -0.2) is 23.5 Å². The van der Waals surface area contributed by atoms with Gasteiger partial charge in [0.15, 0.2) is 0 Å². The monoisotopic (exact) mass is 287 g/mol. The van der Waals surface area contributed by atoms with Crippen LogP contribution in [-0.2, 0) is 0 Å². The molecule has 0 saturated carbocycles. The molecule has 0 heterocycles. The summed E-state index contributed by atoms with van der Waals surface area (Å²) in [5, 5.41) is 14.0. The molecule has 0 unspecified atom stereocenters. The summed E-state index contributed by atoms with van der Waals surface area (Å²) in [4.78, 5) is 11.6. The second-order valence-electron chi connectivity index (χ2n) is 3.93. The van der Waals surface area contributed by atoms with E-state index in [1.165, 1.54) is 12.1 Å². The van der Waals surface area contributed by atoms with Gasteiger partial charge in [0.2, 0.25) is 0 Å². The Morgan fingerprint density at radius 1 is 1.47 bits per heavy atom. The zero-order valence-corrected chi connectivity index (χ0v) is 11.0. The van der Waals surface area contributed by atoms with E-state index in [0.717, 1.165) is 6.07 Å². The molecule has 0 aromatic heterocycles. The number of amidine groups is 1. The van der Waals surface area contributed by atoms with Gasteiger partial charge in [-0.3, -0.25) is 4.79 Å². The van der Waals surface area contributed by atoms with Crippen LogP contribution in [0.2, 0.25) is 5.02 Å². The molecule has 19 heavy (non-hydrogen) atoms. The lowest BCUT2D eigenvalue weighted by Gasteiger charge is -2.06. The zero-order valence-electron chi connectivity index (χ0n) is 10.2. The molecule has 0 saturated heterocycles. The summed E-state index contributed by atoms with van der Waals surface area (Å²) >= 11 is 5.60. The van der Waals surface area contributed by atoms with Gasteiger partial charge in [0.1, 0.15) is 11.7 Å². The molecule has 4 N–H and O–H groups in total. The van der Waals surface area contributed by atoms with Crippen molar-refractivity contribution < 1.29 is 14.4 Å². The topological polar surface area (TPSA) is 87.7 Å². The number of carbonyl (C=O) groups is 1. The van der Waals surface area contributed by atoms with Crippen molar-refractivity contribution in [1.29, 1.82) is 0 Å². The Morgan fingerprint density at radius 3 is 2.84 bits per heavy atom. The van der Waals surface area contributed by atoms with Crippen LogP contribution in [0.25, 0.3) is 0 Å². The fourth-order valence-corrected chi connectivity index (χ4v) is 1.61. The number of hydrogen-bond donors (Lipinski definition) is 3. The number of hydrogen-bond acceptors (Lipinski definition) is 3. The molecule has 0 bridgehead atoms. The number of nitrogens with two attached hydrogens (primary N) is 1. The summed E-state index contributed by atoms with van der Waals surface area (Å²) in [7, 11) is 0. The largest absolute Gasteiger partial charge is 0.409 e. The lowest BCUT2D eigenvalue weighted by molar-refractivity contribution is 0.0949. The Hall–Kier alpha value is -1.82. The first kappa shape index (κ1) is 15.2. The predicted octanol–water partition coefficient (Wildman–Crippen LogP) is 2.13. The average Bonchev–Trinajstić information content (AvgIpc) is 2.37. The number of amides is 1. The molecule has 7 heteroatoms. The quantitative estimate of drug-likeness (QED) is 0.246. The maximum atomic E-state index is 13.4. The Bertz CT molecular complexity index is 480. The van der Waals surface area contributed by atoms with Crippen molar-refractivity contribution in [3.63, 3.8) is 0 Å². The van der Waals surface area contributed by atoms with Crippen molar-refractivity contribution in [3.8, 4) is 0 Å². The second-order valence-corrected chi connectivity index (χ2v) is 4.36. The Labute approximate surface area is 115 Å². The number of benzene rings is 1. The second kappa shape index (κ2) is 7.58. The van der Waals surface area contributed by atoms with Crippen molar-refractivity contribution in [1.82, 2.24) is 5.32 Å². The van der Waals surface area contributed by atoms with E-state index in [0.29, 0.717) is 25.8 Å². The first-order valence-electron chi connectivity index (χ1n) is 5.74. The van der Waals surface area contributed by atoms with E-state index in [2.05, 4.69) is 10.5 Å². The van der Waals surface area contributed by atoms with Gasteiger partial charge in [-0.25, -0.2) is 4.39 Å². The molecule has 1 amide bonds. The minimum atomic E-state index is -0.651. The van der Waals surface area contributed by atoms with Crippen LogP contribution >= 0.6 is 11.6 Å². The number of nitrogens with zero attached hydrogens (tertiary/aromatic N) is 1. The van der Waals surface area contributed by atoms with Gasteiger partial charge in [-0.2, -0.15) is 0 Å². The highest BCUT2D eigenvalue weighted by molar-refractivity contribution is 6.30. The molecule has 104 valence electrons. The number of unbranched alkanes of at least 4 members (excludes halogenated alkanes) is 1. The van der Waals surface area contributed by atoms with Crippen molar-refractivity contribution >= 4 is 23.3 Å². The molecule has 1 aromatic rings. The normalized spacial score (nSPS) is 11.4. The van der Waals surface area contributed by atoms with E-state index in [4.69, 9.17) is 22.5 Å². The standard InChI is InChI=1S/C12H15ClFN3O2/c13-8-4-5-9(10(14)7-8)12(18)16-6-2-1-3-11(15)17-19/h4-5,7,19H,1-3,6H2,(H2,15,17)(H,16,18). The Kier molecular flexibility index (Phi) is 6.08. The molecule has 1 aromatic carbocycles. The van der Waals surface area contributed by atoms with E-state index in [1.54, 1.807) is 0 Å². The van der Waals surface area contributed by atoms with E-state index in [9.17, 15) is 9.18 Å². The molecular weight excluding hydrogens is 273 g/mol. The maximum absolute atomic E-state index is 13.4. The molecule has 5 nitrogen and oxygen atoms in total. The smallest absolute Gasteiger partial charge is 0.254 e. The SMILES string of the molecule is NC(CCCCNC(=O)c1ccc(Cl)cc1F)=NO. The first-order chi connectivity index (χ1) is 9.04. The lowest BCUT2D eigenvalue weighted by atomic mass is 10.2. The zero-order chi connectivity index (χ0) is 14.3. The van der Waals surface area contributed by atoms with Gasteiger partial charge in [-0.05, 0) is 31.0 Å². The third-order valence-electron chi connectivity index (χ3n) is 2.45. The Morgan fingerprint density at radius 2 is 2.21 bits per heavy atom. The number of carbonyl (C=O) groups excluding carboxylic acids is 1. The highest BCUT2D eigenvalue weighted by atomic mass is 35.5. The van der Waals surface area contributed by atoms with Crippen LogP contribution in [0.1, 0.15) is 29.6 Å². The highest BCUT2D eigenvalue weighted by Gasteiger charge is 2.11. The van der Waals surface area contributed by atoms with Crippen LogP contribution in [0.4, 0.5) is 4.39 Å². The van der Waals surface area contributed by atoms with E-state index < -0.39 is 11.7 Å². The van der Waals surface area contributed by atoms with Gasteiger partial charge in [-0.1, -0.05) is 16.8 Å². The van der Waals surface area contributed by atoms with Gasteiger partial charge in [-0.15, -0.1) is 0 Å². The summed E-state index contributed by atoms with van der Waals surface area (Å²) in [6, 6.07) is 3.89. The van der Waals surface area contributed by atoms with Crippen molar-refractivity contribution in [2.24, 2.45) is 10.9 Å². The van der Waals surface area contributed by atoms with Crippen LogP contribution in [0, 0.1) is 5.82 Å². The third-order valence-corrected chi connectivity index (χ3v) is 2.68. The molecule has 0 fully saturated rings. The van der Waals surface area contributed by atoms with Crippen molar-refractivity contribution in [3.05, 3.63) is 34.6 Å². The van der Waals surface area contributed by atoms with Gasteiger partial charge < -0.3 is 16.3 Å². The number of nitrogens with one attached hydrogen (secondary N) is 1. The van der Waals surface area contributed by atoms with Gasteiger partial charge in [0.05, 0.1) is 5.56 Å². The number of rotatable bonds is 6. The number of halogens is 2. The molecule has 1 rings (SSSR count). The molecular formula is C12H15ClFN3O2. The van der Waals surface area contributed by atoms with Gasteiger partial charge in [0.25, 0.3) is 5.91 Å². The molecule has 0 aliphatic rings. The fourth-order valence-electron chi connectivity index (χ4n) is 1.45. The van der Waals surface area contributed by atoms with Gasteiger partial charge >= 0.3 is 0 Å². The molecule has 0 aliphatic carbocycles. The van der Waals surface area contributed by atoms with Crippen LogP contribution in [0.3, 0.4) is 0 Å². The molecule has 0 atom stereocenters. The molecule has 0 aliphatic heterocycles. The first-order valence-corrected chi connectivity index (χ1v) is 6.12. The maximum Gasteiger partial charge on any atom is 0.254 e. The number of oxime groups is 1.